The van der Waals surface area contributed by atoms with Gasteiger partial charge in [-0.3, -0.25) is 0 Å². The highest BCUT2D eigenvalue weighted by atomic mass is 32.2. The molecule has 3 N–H and O–H groups in total. The third-order valence-electron chi connectivity index (χ3n) is 4.69. The number of urea groups is 1. The van der Waals surface area contributed by atoms with Crippen molar-refractivity contribution < 1.29 is 4.79 Å². The number of anilines is 2. The van der Waals surface area contributed by atoms with Crippen LogP contribution in [-0.2, 0) is 5.75 Å². The molecule has 0 bridgehead atoms. The largest absolute Gasteiger partial charge is 0.333 e. The molecule has 152 valence electrons. The Kier molecular flexibility index (Phi) is 5.77. The molecule has 0 saturated heterocycles. The third kappa shape index (κ3) is 5.02. The van der Waals surface area contributed by atoms with Crippen molar-refractivity contribution in [3.05, 3.63) is 82.9 Å². The lowest BCUT2D eigenvalue weighted by Gasteiger charge is -2.09. The van der Waals surface area contributed by atoms with Crippen LogP contribution in [0.2, 0.25) is 0 Å². The Morgan fingerprint density at radius 1 is 0.867 bits per heavy atom. The van der Waals surface area contributed by atoms with Crippen LogP contribution in [0, 0.1) is 20.8 Å². The SMILES string of the molecule is Cc1ccc(CSc2nc3ccc(NC(=O)Nc4cc(C)cc(C)c4)cc3[nH]2)cc1. The van der Waals surface area contributed by atoms with Crippen LogP contribution in [0.25, 0.3) is 11.0 Å². The number of thioether (sulfide) groups is 1. The first kappa shape index (κ1) is 20.0. The molecule has 0 saturated carbocycles. The number of aromatic nitrogens is 2. The van der Waals surface area contributed by atoms with Crippen LogP contribution < -0.4 is 10.6 Å². The smallest absolute Gasteiger partial charge is 0.323 e. The Bertz CT molecular complexity index is 1180. The van der Waals surface area contributed by atoms with Crippen LogP contribution in [0.5, 0.6) is 0 Å². The van der Waals surface area contributed by atoms with E-state index in [9.17, 15) is 4.79 Å². The van der Waals surface area contributed by atoms with Gasteiger partial charge in [0, 0.05) is 17.1 Å². The number of carbonyl (C=O) groups excluding carboxylic acids is 1. The summed E-state index contributed by atoms with van der Waals surface area (Å²) < 4.78 is 0. The first-order valence-corrected chi connectivity index (χ1v) is 10.8. The molecule has 0 aliphatic rings. The Balaban J connectivity index is 1.41. The van der Waals surface area contributed by atoms with E-state index in [0.717, 1.165) is 38.8 Å². The van der Waals surface area contributed by atoms with E-state index in [0.29, 0.717) is 5.69 Å². The Morgan fingerprint density at radius 3 is 2.30 bits per heavy atom. The summed E-state index contributed by atoms with van der Waals surface area (Å²) in [5.74, 6) is 0.851. The summed E-state index contributed by atoms with van der Waals surface area (Å²) in [5, 5.41) is 6.64. The maximum Gasteiger partial charge on any atom is 0.323 e. The number of hydrogen-bond donors (Lipinski definition) is 3. The number of rotatable bonds is 5. The quantitative estimate of drug-likeness (QED) is 0.329. The zero-order valence-electron chi connectivity index (χ0n) is 17.2. The van der Waals surface area contributed by atoms with E-state index in [1.807, 2.05) is 44.2 Å². The lowest BCUT2D eigenvalue weighted by molar-refractivity contribution is 0.262. The second kappa shape index (κ2) is 8.63. The van der Waals surface area contributed by atoms with Gasteiger partial charge in [-0.2, -0.15) is 0 Å². The first-order chi connectivity index (χ1) is 14.4. The fourth-order valence-corrected chi connectivity index (χ4v) is 4.15. The highest BCUT2D eigenvalue weighted by Crippen LogP contribution is 2.25. The van der Waals surface area contributed by atoms with Crippen molar-refractivity contribution in [2.45, 2.75) is 31.7 Å². The predicted octanol–water partition coefficient (Wildman–Crippen LogP) is 6.42. The van der Waals surface area contributed by atoms with E-state index < -0.39 is 0 Å². The van der Waals surface area contributed by atoms with Gasteiger partial charge in [-0.15, -0.1) is 0 Å². The molecule has 0 fully saturated rings. The van der Waals surface area contributed by atoms with Crippen molar-refractivity contribution in [1.82, 2.24) is 9.97 Å². The Morgan fingerprint density at radius 2 is 1.57 bits per heavy atom. The molecular weight excluding hydrogens is 392 g/mol. The van der Waals surface area contributed by atoms with Gasteiger partial charge in [0.2, 0.25) is 0 Å². The minimum Gasteiger partial charge on any atom is -0.333 e. The third-order valence-corrected chi connectivity index (χ3v) is 5.64. The van der Waals surface area contributed by atoms with Gasteiger partial charge < -0.3 is 15.6 Å². The number of aryl methyl sites for hydroxylation is 3. The van der Waals surface area contributed by atoms with Crippen LogP contribution in [0.4, 0.5) is 16.2 Å². The number of nitrogens with one attached hydrogen (secondary N) is 3. The summed E-state index contributed by atoms with van der Waals surface area (Å²) in [5.41, 5.74) is 8.00. The molecule has 6 heteroatoms. The number of benzene rings is 3. The molecule has 0 aliphatic heterocycles. The van der Waals surface area contributed by atoms with Crippen molar-refractivity contribution in [2.24, 2.45) is 0 Å². The monoisotopic (exact) mass is 416 g/mol. The van der Waals surface area contributed by atoms with Gasteiger partial charge in [-0.25, -0.2) is 9.78 Å². The second-order valence-corrected chi connectivity index (χ2v) is 8.47. The van der Waals surface area contributed by atoms with Crippen molar-refractivity contribution in [3.8, 4) is 0 Å². The lowest BCUT2D eigenvalue weighted by atomic mass is 10.1. The molecule has 0 aliphatic carbocycles. The topological polar surface area (TPSA) is 69.8 Å². The van der Waals surface area contributed by atoms with Gasteiger partial charge in [0.25, 0.3) is 0 Å². The van der Waals surface area contributed by atoms with Crippen LogP contribution >= 0.6 is 11.8 Å². The highest BCUT2D eigenvalue weighted by Gasteiger charge is 2.08. The average molecular weight is 417 g/mol. The zero-order valence-corrected chi connectivity index (χ0v) is 18.1. The summed E-state index contributed by atoms with van der Waals surface area (Å²) in [6.07, 6.45) is 0. The minimum atomic E-state index is -0.271. The zero-order chi connectivity index (χ0) is 21.1. The number of carbonyl (C=O) groups is 1. The molecule has 0 radical (unpaired) electrons. The molecule has 2 amide bonds. The van der Waals surface area contributed by atoms with E-state index in [1.165, 1.54) is 11.1 Å². The molecule has 0 unspecified atom stereocenters. The van der Waals surface area contributed by atoms with Gasteiger partial charge >= 0.3 is 6.03 Å². The molecule has 4 rings (SSSR count). The molecule has 4 aromatic rings. The molecule has 5 nitrogen and oxygen atoms in total. The first-order valence-electron chi connectivity index (χ1n) is 9.79. The summed E-state index contributed by atoms with van der Waals surface area (Å²) in [4.78, 5) is 20.3. The van der Waals surface area contributed by atoms with E-state index >= 15 is 0 Å². The molecule has 1 heterocycles. The summed E-state index contributed by atoms with van der Waals surface area (Å²) in [6, 6.07) is 19.9. The van der Waals surface area contributed by atoms with E-state index in [-0.39, 0.29) is 6.03 Å². The van der Waals surface area contributed by atoms with Crippen molar-refractivity contribution >= 4 is 40.2 Å². The highest BCUT2D eigenvalue weighted by molar-refractivity contribution is 7.98. The fraction of sp³-hybridized carbons (Fsp3) is 0.167. The van der Waals surface area contributed by atoms with Crippen LogP contribution in [-0.4, -0.2) is 16.0 Å². The van der Waals surface area contributed by atoms with E-state index in [2.05, 4.69) is 57.9 Å². The maximum absolute atomic E-state index is 12.4. The van der Waals surface area contributed by atoms with Gasteiger partial charge in [0.05, 0.1) is 11.0 Å². The van der Waals surface area contributed by atoms with E-state index in [4.69, 9.17) is 0 Å². The predicted molar refractivity (Wildman–Crippen MR) is 125 cm³/mol. The normalized spacial score (nSPS) is 10.9. The molecule has 1 aromatic heterocycles. The van der Waals surface area contributed by atoms with Gasteiger partial charge in [0.15, 0.2) is 5.16 Å². The van der Waals surface area contributed by atoms with Crippen LogP contribution in [0.1, 0.15) is 22.3 Å². The molecule has 3 aromatic carbocycles. The van der Waals surface area contributed by atoms with Crippen molar-refractivity contribution in [2.75, 3.05) is 10.6 Å². The summed E-state index contributed by atoms with van der Waals surface area (Å²) in [7, 11) is 0. The molecular formula is C24H24N4OS. The Hall–Kier alpha value is -3.25. The van der Waals surface area contributed by atoms with Gasteiger partial charge in [-0.1, -0.05) is 47.7 Å². The Labute approximate surface area is 180 Å². The number of amides is 2. The number of nitrogens with zero attached hydrogens (tertiary/aromatic N) is 1. The minimum absolute atomic E-state index is 0.271. The number of hydrogen-bond acceptors (Lipinski definition) is 3. The number of fused-ring (bicyclic) bond motifs is 1. The number of imidazole rings is 1. The number of H-pyrrole nitrogens is 1. The second-order valence-electron chi connectivity index (χ2n) is 7.50. The fourth-order valence-electron chi connectivity index (χ4n) is 3.31. The lowest BCUT2D eigenvalue weighted by Crippen LogP contribution is -2.19. The molecule has 0 spiro atoms. The van der Waals surface area contributed by atoms with Crippen molar-refractivity contribution in [1.29, 1.82) is 0 Å². The summed E-state index contributed by atoms with van der Waals surface area (Å²) >= 11 is 1.66. The maximum atomic E-state index is 12.4. The summed E-state index contributed by atoms with van der Waals surface area (Å²) in [6.45, 7) is 6.11. The molecule has 30 heavy (non-hydrogen) atoms. The molecule has 0 atom stereocenters. The standard InChI is InChI=1S/C24H24N4OS/c1-15-4-6-18(7-5-15)14-30-24-27-21-9-8-19(13-22(21)28-24)25-23(29)26-20-11-16(2)10-17(3)12-20/h4-13H,14H2,1-3H3,(H,27,28)(H2,25,26,29). The number of aromatic amines is 1. The average Bonchev–Trinajstić information content (AvgIpc) is 3.09. The van der Waals surface area contributed by atoms with Crippen LogP contribution in [0.3, 0.4) is 0 Å². The van der Waals surface area contributed by atoms with Crippen molar-refractivity contribution in [3.63, 3.8) is 0 Å². The van der Waals surface area contributed by atoms with E-state index in [1.54, 1.807) is 11.8 Å². The van der Waals surface area contributed by atoms with Gasteiger partial charge in [0.1, 0.15) is 0 Å². The van der Waals surface area contributed by atoms with Crippen LogP contribution in [0.15, 0.2) is 65.8 Å². The van der Waals surface area contributed by atoms with Gasteiger partial charge in [-0.05, 0) is 67.8 Å².